The Morgan fingerprint density at radius 1 is 1.15 bits per heavy atom. The van der Waals surface area contributed by atoms with Crippen LogP contribution in [0.1, 0.15) is 23.1 Å². The molecule has 0 amide bonds. The van der Waals surface area contributed by atoms with Crippen molar-refractivity contribution in [1.29, 1.82) is 0 Å². The minimum absolute atomic E-state index is 0.389. The Morgan fingerprint density at radius 2 is 2.00 bits per heavy atom. The summed E-state index contributed by atoms with van der Waals surface area (Å²) in [4.78, 5) is 21.0. The quantitative estimate of drug-likeness (QED) is 0.549. The molecule has 0 saturated heterocycles. The molecule has 0 unspecified atom stereocenters. The molecule has 0 bridgehead atoms. The number of anilines is 2. The van der Waals surface area contributed by atoms with Crippen LogP contribution in [0.25, 0.3) is 22.1 Å². The van der Waals surface area contributed by atoms with Gasteiger partial charge in [-0.15, -0.1) is 0 Å². The maximum atomic E-state index is 11.8. The van der Waals surface area contributed by atoms with Crippen molar-refractivity contribution in [3.63, 3.8) is 0 Å². The van der Waals surface area contributed by atoms with E-state index < -0.39 is 0 Å². The minimum Gasteiger partial charge on any atom is -0.465 e. The molecule has 26 heavy (non-hydrogen) atoms. The van der Waals surface area contributed by atoms with E-state index in [1.54, 1.807) is 18.2 Å². The molecule has 2 heterocycles. The number of carbonyl (C=O) groups excluding carboxylic acids is 1. The summed E-state index contributed by atoms with van der Waals surface area (Å²) >= 11 is 0. The number of ether oxygens (including phenoxy) is 1. The second-order valence-electron chi connectivity index (χ2n) is 5.82. The van der Waals surface area contributed by atoms with E-state index in [1.165, 1.54) is 7.11 Å². The van der Waals surface area contributed by atoms with E-state index in [9.17, 15) is 4.79 Å². The number of esters is 1. The van der Waals surface area contributed by atoms with Crippen LogP contribution in [0.4, 0.5) is 11.5 Å². The summed E-state index contributed by atoms with van der Waals surface area (Å²) in [5.41, 5.74) is 3.31. The fourth-order valence-corrected chi connectivity index (χ4v) is 2.86. The van der Waals surface area contributed by atoms with E-state index in [0.29, 0.717) is 23.4 Å². The highest BCUT2D eigenvalue weighted by Crippen LogP contribution is 2.32. The number of nitrogens with one attached hydrogen (secondary N) is 1. The Labute approximate surface area is 149 Å². The molecule has 0 saturated carbocycles. The number of benzene rings is 2. The van der Waals surface area contributed by atoms with Crippen molar-refractivity contribution in [1.82, 2.24) is 9.97 Å². The van der Waals surface area contributed by atoms with Crippen LogP contribution in [0.15, 0.2) is 52.9 Å². The Morgan fingerprint density at radius 3 is 2.81 bits per heavy atom. The largest absolute Gasteiger partial charge is 0.465 e. The Bertz CT molecular complexity index is 1120. The number of carbonyl (C=O) groups is 1. The molecule has 4 aromatic rings. The second-order valence-corrected chi connectivity index (χ2v) is 5.82. The summed E-state index contributed by atoms with van der Waals surface area (Å²) in [5, 5.41) is 4.20. The van der Waals surface area contributed by atoms with Crippen molar-refractivity contribution in [2.75, 3.05) is 12.4 Å². The number of methoxy groups -OCH3 is 1. The molecule has 130 valence electrons. The van der Waals surface area contributed by atoms with Crippen molar-refractivity contribution >= 4 is 39.5 Å². The van der Waals surface area contributed by atoms with Crippen molar-refractivity contribution in [2.24, 2.45) is 0 Å². The van der Waals surface area contributed by atoms with Gasteiger partial charge in [0.2, 0.25) is 0 Å². The topological polar surface area (TPSA) is 77.2 Å². The maximum absolute atomic E-state index is 11.8. The van der Waals surface area contributed by atoms with Gasteiger partial charge in [0.15, 0.2) is 11.4 Å². The third-order valence-electron chi connectivity index (χ3n) is 4.13. The minimum atomic E-state index is -0.389. The van der Waals surface area contributed by atoms with E-state index in [-0.39, 0.29) is 5.97 Å². The number of hydrogen-bond acceptors (Lipinski definition) is 6. The third kappa shape index (κ3) is 2.75. The standard InChI is InChI=1S/C20H17N3O3/c1-3-16-22-17-14-9-4-5-10-15(14)26-18(17)19(23-16)21-13-8-6-7-12(11-13)20(24)25-2/h4-11H,3H2,1-2H3,(H,21,22,23). The molecule has 6 heteroatoms. The average Bonchev–Trinajstić information content (AvgIpc) is 3.06. The predicted octanol–water partition coefficient (Wildman–Crippen LogP) is 4.47. The molecule has 2 aromatic heterocycles. The Hall–Kier alpha value is -3.41. The van der Waals surface area contributed by atoms with Gasteiger partial charge >= 0.3 is 5.97 Å². The zero-order valence-electron chi connectivity index (χ0n) is 14.4. The van der Waals surface area contributed by atoms with Gasteiger partial charge in [-0.25, -0.2) is 14.8 Å². The van der Waals surface area contributed by atoms with Crippen LogP contribution in [0, 0.1) is 0 Å². The van der Waals surface area contributed by atoms with Gasteiger partial charge in [-0.3, -0.25) is 0 Å². The van der Waals surface area contributed by atoms with Crippen molar-refractivity contribution in [2.45, 2.75) is 13.3 Å². The van der Waals surface area contributed by atoms with Crippen LogP contribution in [-0.2, 0) is 11.2 Å². The first-order valence-electron chi connectivity index (χ1n) is 8.33. The zero-order valence-corrected chi connectivity index (χ0v) is 14.4. The van der Waals surface area contributed by atoms with Gasteiger partial charge in [0, 0.05) is 17.5 Å². The number of aromatic nitrogens is 2. The van der Waals surface area contributed by atoms with Crippen LogP contribution < -0.4 is 5.32 Å². The van der Waals surface area contributed by atoms with Crippen molar-refractivity contribution in [3.8, 4) is 0 Å². The van der Waals surface area contributed by atoms with Gasteiger partial charge in [0.25, 0.3) is 0 Å². The van der Waals surface area contributed by atoms with E-state index >= 15 is 0 Å². The monoisotopic (exact) mass is 347 g/mol. The van der Waals surface area contributed by atoms with Gasteiger partial charge in [0.05, 0.1) is 12.7 Å². The normalized spacial score (nSPS) is 11.0. The highest BCUT2D eigenvalue weighted by Gasteiger charge is 2.16. The highest BCUT2D eigenvalue weighted by atomic mass is 16.5. The number of rotatable bonds is 4. The number of furan rings is 1. The molecule has 0 aliphatic carbocycles. The summed E-state index contributed by atoms with van der Waals surface area (Å²) in [6.07, 6.45) is 0.701. The molecule has 1 N–H and O–H groups in total. The number of aryl methyl sites for hydroxylation is 1. The van der Waals surface area contributed by atoms with E-state index in [0.717, 1.165) is 28.0 Å². The summed E-state index contributed by atoms with van der Waals surface area (Å²) in [6, 6.07) is 14.8. The Balaban J connectivity index is 1.84. The average molecular weight is 347 g/mol. The summed E-state index contributed by atoms with van der Waals surface area (Å²) in [5.74, 6) is 0.903. The van der Waals surface area contributed by atoms with Crippen LogP contribution in [0.2, 0.25) is 0 Å². The number of hydrogen-bond donors (Lipinski definition) is 1. The van der Waals surface area contributed by atoms with Crippen molar-refractivity contribution < 1.29 is 13.9 Å². The molecule has 0 aliphatic heterocycles. The van der Waals surface area contributed by atoms with E-state index in [1.807, 2.05) is 37.3 Å². The third-order valence-corrected chi connectivity index (χ3v) is 4.13. The summed E-state index contributed by atoms with van der Waals surface area (Å²) < 4.78 is 10.8. The lowest BCUT2D eigenvalue weighted by Gasteiger charge is -2.08. The summed E-state index contributed by atoms with van der Waals surface area (Å²) in [6.45, 7) is 2.01. The number of para-hydroxylation sites is 1. The number of fused-ring (bicyclic) bond motifs is 3. The lowest BCUT2D eigenvalue weighted by molar-refractivity contribution is 0.0601. The molecule has 0 fully saturated rings. The highest BCUT2D eigenvalue weighted by molar-refractivity contribution is 6.06. The number of nitrogens with zero attached hydrogens (tertiary/aromatic N) is 2. The fourth-order valence-electron chi connectivity index (χ4n) is 2.86. The van der Waals surface area contributed by atoms with Gasteiger partial charge in [0.1, 0.15) is 16.9 Å². The fraction of sp³-hybridized carbons (Fsp3) is 0.150. The SMILES string of the molecule is CCc1nc(Nc2cccc(C(=O)OC)c2)c2oc3ccccc3c2n1. The lowest BCUT2D eigenvalue weighted by atomic mass is 10.2. The first kappa shape index (κ1) is 16.1. The maximum Gasteiger partial charge on any atom is 0.337 e. The molecule has 4 rings (SSSR count). The molecular weight excluding hydrogens is 330 g/mol. The van der Waals surface area contributed by atoms with Gasteiger partial charge in [-0.05, 0) is 30.3 Å². The smallest absolute Gasteiger partial charge is 0.337 e. The van der Waals surface area contributed by atoms with Crippen LogP contribution in [0.3, 0.4) is 0 Å². The summed E-state index contributed by atoms with van der Waals surface area (Å²) in [7, 11) is 1.36. The van der Waals surface area contributed by atoms with Crippen molar-refractivity contribution in [3.05, 3.63) is 59.9 Å². The van der Waals surface area contributed by atoms with Gasteiger partial charge in [-0.1, -0.05) is 25.1 Å². The van der Waals surface area contributed by atoms with E-state index in [4.69, 9.17) is 9.15 Å². The first-order valence-corrected chi connectivity index (χ1v) is 8.33. The van der Waals surface area contributed by atoms with Crippen LogP contribution in [0.5, 0.6) is 0 Å². The molecule has 0 aliphatic rings. The predicted molar refractivity (Wildman–Crippen MR) is 99.8 cm³/mol. The Kier molecular flexibility index (Phi) is 4.01. The molecule has 6 nitrogen and oxygen atoms in total. The van der Waals surface area contributed by atoms with Gasteiger partial charge < -0.3 is 14.5 Å². The zero-order chi connectivity index (χ0) is 18.1. The molecular formula is C20H17N3O3. The molecule has 2 aromatic carbocycles. The van der Waals surface area contributed by atoms with E-state index in [2.05, 4.69) is 15.3 Å². The molecule has 0 radical (unpaired) electrons. The van der Waals surface area contributed by atoms with Crippen LogP contribution in [-0.4, -0.2) is 23.0 Å². The molecule has 0 spiro atoms. The van der Waals surface area contributed by atoms with Gasteiger partial charge in [-0.2, -0.15) is 0 Å². The van der Waals surface area contributed by atoms with Crippen LogP contribution >= 0.6 is 0 Å². The second kappa shape index (κ2) is 6.48. The first-order chi connectivity index (χ1) is 12.7. The lowest BCUT2D eigenvalue weighted by Crippen LogP contribution is -2.03. The molecule has 0 atom stereocenters.